The summed E-state index contributed by atoms with van der Waals surface area (Å²) in [6, 6.07) is 5.79. The predicted molar refractivity (Wildman–Crippen MR) is 117 cm³/mol. The van der Waals surface area contributed by atoms with Gasteiger partial charge in [0.15, 0.2) is 0 Å². The van der Waals surface area contributed by atoms with Crippen LogP contribution < -0.4 is 5.73 Å². The van der Waals surface area contributed by atoms with Crippen LogP contribution in [0.3, 0.4) is 0 Å². The van der Waals surface area contributed by atoms with E-state index < -0.39 is 12.2 Å². The molecule has 4 atom stereocenters. The molecule has 9 heteroatoms. The highest BCUT2D eigenvalue weighted by molar-refractivity contribution is 14.1. The van der Waals surface area contributed by atoms with Crippen molar-refractivity contribution < 1.29 is 10.2 Å². The molecule has 0 amide bonds. The van der Waals surface area contributed by atoms with Gasteiger partial charge in [0.2, 0.25) is 0 Å². The normalized spacial score (nSPS) is 24.7. The van der Waals surface area contributed by atoms with Crippen molar-refractivity contribution in [3.8, 4) is 0 Å². The maximum atomic E-state index is 10.7. The molecule has 0 spiro atoms. The summed E-state index contributed by atoms with van der Waals surface area (Å²) in [4.78, 5) is 12.7. The zero-order valence-electron chi connectivity index (χ0n) is 15.6. The first-order valence-corrected chi connectivity index (χ1v) is 10.7. The monoisotopic (exact) mass is 504 g/mol. The van der Waals surface area contributed by atoms with Crippen LogP contribution in [0.5, 0.6) is 0 Å². The second-order valence-corrected chi connectivity index (χ2v) is 8.75. The Labute approximate surface area is 180 Å². The van der Waals surface area contributed by atoms with Crippen molar-refractivity contribution in [1.29, 1.82) is 0 Å². The Morgan fingerprint density at radius 3 is 2.86 bits per heavy atom. The highest BCUT2D eigenvalue weighted by Crippen LogP contribution is 2.39. The third-order valence-corrected chi connectivity index (χ3v) is 6.80. The van der Waals surface area contributed by atoms with Gasteiger partial charge in [0.1, 0.15) is 33.2 Å². The molecule has 1 fully saturated rings. The fourth-order valence-electron chi connectivity index (χ4n) is 4.42. The number of hydrogen-bond donors (Lipinski definition) is 3. The molecule has 150 valence electrons. The first-order valence-electron chi connectivity index (χ1n) is 9.57. The summed E-state index contributed by atoms with van der Waals surface area (Å²) in [6.07, 6.45) is 7.84. The second-order valence-electron chi connectivity index (χ2n) is 7.65. The number of nitrogens with zero attached hydrogens (tertiary/aromatic N) is 5. The summed E-state index contributed by atoms with van der Waals surface area (Å²) in [5.41, 5.74) is 8.72. The molecule has 8 nitrogen and oxygen atoms in total. The topological polar surface area (TPSA) is 114 Å². The number of fused-ring (bicyclic) bond motifs is 2. The number of aliphatic hydroxyl groups excluding tert-OH is 2. The average molecular weight is 504 g/mol. The van der Waals surface area contributed by atoms with Crippen molar-refractivity contribution in [3.63, 3.8) is 0 Å². The summed E-state index contributed by atoms with van der Waals surface area (Å²) in [7, 11) is 0. The van der Waals surface area contributed by atoms with Gasteiger partial charge in [0.25, 0.3) is 0 Å². The lowest BCUT2D eigenvalue weighted by Gasteiger charge is -2.19. The van der Waals surface area contributed by atoms with E-state index in [0.29, 0.717) is 17.9 Å². The Hall–Kier alpha value is -2.24. The minimum absolute atomic E-state index is 0.00254. The molecular weight excluding hydrogens is 483 g/mol. The lowest BCUT2D eigenvalue weighted by Crippen LogP contribution is -2.29. The SMILES string of the molecule is Nc1ncnc2c1ccn2[C@@H]1C[C@H](CCc2ccn3c(I)cnc3c2)[C@@H](O)[C@H]1O. The molecule has 4 heterocycles. The summed E-state index contributed by atoms with van der Waals surface area (Å²) >= 11 is 2.26. The van der Waals surface area contributed by atoms with E-state index in [2.05, 4.69) is 49.7 Å². The number of hydrogen-bond acceptors (Lipinski definition) is 6. The van der Waals surface area contributed by atoms with E-state index in [1.54, 1.807) is 0 Å². The van der Waals surface area contributed by atoms with E-state index in [0.717, 1.165) is 27.6 Å². The van der Waals surface area contributed by atoms with Gasteiger partial charge in [-0.3, -0.25) is 4.40 Å². The summed E-state index contributed by atoms with van der Waals surface area (Å²) in [5.74, 6) is 0.421. The van der Waals surface area contributed by atoms with Gasteiger partial charge < -0.3 is 20.5 Å². The quantitative estimate of drug-likeness (QED) is 0.367. The molecule has 1 aliphatic carbocycles. The number of nitrogens with two attached hydrogens (primary N) is 1. The molecule has 4 aromatic rings. The number of aryl methyl sites for hydroxylation is 1. The lowest BCUT2D eigenvalue weighted by atomic mass is 9.96. The number of nitrogen functional groups attached to an aromatic ring is 1. The third-order valence-electron chi connectivity index (χ3n) is 6.01. The summed E-state index contributed by atoms with van der Waals surface area (Å²) in [5, 5.41) is 22.1. The van der Waals surface area contributed by atoms with Gasteiger partial charge in [-0.2, -0.15) is 0 Å². The Kier molecular flexibility index (Phi) is 4.67. The van der Waals surface area contributed by atoms with Crippen molar-refractivity contribution in [2.24, 2.45) is 5.92 Å². The van der Waals surface area contributed by atoms with Gasteiger partial charge in [0, 0.05) is 12.4 Å². The van der Waals surface area contributed by atoms with Crippen molar-refractivity contribution >= 4 is 45.1 Å². The lowest BCUT2D eigenvalue weighted by molar-refractivity contribution is 0.00545. The van der Waals surface area contributed by atoms with Gasteiger partial charge in [-0.15, -0.1) is 0 Å². The Bertz CT molecular complexity index is 1190. The molecule has 0 saturated heterocycles. The molecular formula is C20H21IN6O2. The largest absolute Gasteiger partial charge is 0.390 e. The predicted octanol–water partition coefficient (Wildman–Crippen LogP) is 2.18. The van der Waals surface area contributed by atoms with E-state index >= 15 is 0 Å². The first kappa shape index (κ1) is 18.8. The molecule has 1 aliphatic rings. The van der Waals surface area contributed by atoms with Crippen LogP contribution in [0.2, 0.25) is 0 Å². The van der Waals surface area contributed by atoms with Crippen LogP contribution in [-0.2, 0) is 6.42 Å². The van der Waals surface area contributed by atoms with Gasteiger partial charge in [0.05, 0.1) is 23.7 Å². The molecule has 0 radical (unpaired) electrons. The van der Waals surface area contributed by atoms with E-state index in [1.165, 1.54) is 11.9 Å². The van der Waals surface area contributed by atoms with Gasteiger partial charge in [-0.05, 0) is 71.5 Å². The fourth-order valence-corrected chi connectivity index (χ4v) is 4.97. The molecule has 0 aromatic carbocycles. The van der Waals surface area contributed by atoms with E-state index in [1.807, 2.05) is 33.6 Å². The van der Waals surface area contributed by atoms with Crippen molar-refractivity contribution in [1.82, 2.24) is 23.9 Å². The second kappa shape index (κ2) is 7.22. The van der Waals surface area contributed by atoms with Crippen molar-refractivity contribution in [3.05, 3.63) is 52.4 Å². The summed E-state index contributed by atoms with van der Waals surface area (Å²) < 4.78 is 5.03. The van der Waals surface area contributed by atoms with Crippen LogP contribution in [0.15, 0.2) is 43.1 Å². The van der Waals surface area contributed by atoms with Crippen molar-refractivity contribution in [2.75, 3.05) is 5.73 Å². The molecule has 29 heavy (non-hydrogen) atoms. The number of aromatic nitrogens is 5. The van der Waals surface area contributed by atoms with Crippen LogP contribution in [0, 0.1) is 9.62 Å². The maximum Gasteiger partial charge on any atom is 0.145 e. The molecule has 0 aliphatic heterocycles. The van der Waals surface area contributed by atoms with Gasteiger partial charge in [-0.1, -0.05) is 0 Å². The van der Waals surface area contributed by atoms with Crippen LogP contribution >= 0.6 is 22.6 Å². The molecule has 0 bridgehead atoms. The Balaban J connectivity index is 1.34. The molecule has 4 N–H and O–H groups in total. The highest BCUT2D eigenvalue weighted by Gasteiger charge is 2.42. The number of pyridine rings is 1. The average Bonchev–Trinajstić information content (AvgIpc) is 3.39. The van der Waals surface area contributed by atoms with Crippen LogP contribution in [0.4, 0.5) is 5.82 Å². The van der Waals surface area contributed by atoms with Crippen LogP contribution in [0.1, 0.15) is 24.4 Å². The van der Waals surface area contributed by atoms with Crippen molar-refractivity contribution in [2.45, 2.75) is 37.5 Å². The Morgan fingerprint density at radius 1 is 1.14 bits per heavy atom. The number of rotatable bonds is 4. The number of imidazole rings is 1. The molecule has 1 saturated carbocycles. The smallest absolute Gasteiger partial charge is 0.145 e. The third kappa shape index (κ3) is 3.17. The maximum absolute atomic E-state index is 10.7. The minimum atomic E-state index is -0.844. The fraction of sp³-hybridized carbons (Fsp3) is 0.350. The van der Waals surface area contributed by atoms with Crippen LogP contribution in [0.25, 0.3) is 16.7 Å². The zero-order valence-corrected chi connectivity index (χ0v) is 17.7. The van der Waals surface area contributed by atoms with E-state index in [4.69, 9.17) is 5.73 Å². The Morgan fingerprint density at radius 2 is 2.00 bits per heavy atom. The highest BCUT2D eigenvalue weighted by atomic mass is 127. The van der Waals surface area contributed by atoms with Gasteiger partial charge in [-0.25, -0.2) is 15.0 Å². The molecule has 4 aromatic heterocycles. The first-order chi connectivity index (χ1) is 14.0. The number of halogens is 1. The van der Waals surface area contributed by atoms with Gasteiger partial charge >= 0.3 is 0 Å². The summed E-state index contributed by atoms with van der Waals surface area (Å²) in [6.45, 7) is 0. The number of aliphatic hydroxyl groups is 2. The zero-order chi connectivity index (χ0) is 20.1. The molecule has 0 unspecified atom stereocenters. The van der Waals surface area contributed by atoms with E-state index in [9.17, 15) is 10.2 Å². The van der Waals surface area contributed by atoms with Crippen LogP contribution in [-0.4, -0.2) is 46.3 Å². The molecule has 5 rings (SSSR count). The number of anilines is 1. The standard InChI is InChI=1S/C20H21IN6O2/c21-15-9-23-16-7-11(3-5-27(15)16)1-2-12-8-14(18(29)17(12)28)26-6-4-13-19(22)24-10-25-20(13)26/h3-7,9-10,12,14,17-18,28-29H,1-2,8H2,(H2,22,24,25)/t12-,14+,17+,18-/m0/s1. The minimum Gasteiger partial charge on any atom is -0.390 e. The van der Waals surface area contributed by atoms with E-state index in [-0.39, 0.29) is 12.0 Å².